The van der Waals surface area contributed by atoms with Crippen LogP contribution in [0, 0.1) is 0 Å². The van der Waals surface area contributed by atoms with Gasteiger partial charge in [-0.2, -0.15) is 0 Å². The minimum absolute atomic E-state index is 0.827. The Morgan fingerprint density at radius 2 is 0.844 bits per heavy atom. The average Bonchev–Trinajstić information content (AvgIpc) is 3.45. The third-order valence-corrected chi connectivity index (χ3v) is 8.89. The second kappa shape index (κ2) is 10.3. The molecule has 0 saturated carbocycles. The largest absolute Gasteiger partial charge is 0.278 e. The second-order valence-electron chi connectivity index (χ2n) is 11.3. The highest BCUT2D eigenvalue weighted by Crippen LogP contribution is 2.58. The standard InChI is InChI=1S/C42H27N3/c1-3-14-28(15-4-1)38-30-18-7-8-19-31(30)39(29-16-5-2-6-17-29)42-34-24-25-35(32-20-13-21-33(40(32)34)41(38)42)45(36-22-9-11-26-43-36)37-23-10-12-27-44-37/h1-27H. The number of pyridine rings is 2. The van der Waals surface area contributed by atoms with Crippen LogP contribution in [-0.2, 0) is 0 Å². The van der Waals surface area contributed by atoms with Gasteiger partial charge in [0.1, 0.15) is 11.6 Å². The van der Waals surface area contributed by atoms with E-state index in [-0.39, 0.29) is 0 Å². The summed E-state index contributed by atoms with van der Waals surface area (Å²) in [6.45, 7) is 0. The van der Waals surface area contributed by atoms with Gasteiger partial charge in [-0.3, -0.25) is 4.90 Å². The third kappa shape index (κ3) is 3.91. The van der Waals surface area contributed by atoms with Gasteiger partial charge in [-0.15, -0.1) is 0 Å². The van der Waals surface area contributed by atoms with Crippen molar-refractivity contribution in [3.05, 3.63) is 164 Å². The number of aromatic nitrogens is 2. The summed E-state index contributed by atoms with van der Waals surface area (Å²) in [5.74, 6) is 1.65. The number of rotatable bonds is 5. The second-order valence-corrected chi connectivity index (χ2v) is 11.3. The molecule has 3 heteroatoms. The zero-order valence-corrected chi connectivity index (χ0v) is 24.4. The Balaban J connectivity index is 1.43. The van der Waals surface area contributed by atoms with Crippen LogP contribution in [0.3, 0.4) is 0 Å². The van der Waals surface area contributed by atoms with E-state index in [1.54, 1.807) is 0 Å². The molecule has 8 aromatic rings. The van der Waals surface area contributed by atoms with Crippen LogP contribution in [0.2, 0.25) is 0 Å². The number of fused-ring (bicyclic) bond motifs is 4. The molecule has 0 atom stereocenters. The Labute approximate surface area is 261 Å². The topological polar surface area (TPSA) is 29.0 Å². The molecule has 2 heterocycles. The molecule has 45 heavy (non-hydrogen) atoms. The van der Waals surface area contributed by atoms with Crippen molar-refractivity contribution < 1.29 is 0 Å². The number of hydrogen-bond donors (Lipinski definition) is 0. The molecule has 1 aliphatic rings. The van der Waals surface area contributed by atoms with Crippen LogP contribution in [0.5, 0.6) is 0 Å². The van der Waals surface area contributed by atoms with Crippen molar-refractivity contribution in [1.29, 1.82) is 0 Å². The summed E-state index contributed by atoms with van der Waals surface area (Å²) in [7, 11) is 0. The lowest BCUT2D eigenvalue weighted by atomic mass is 9.82. The SMILES string of the molecule is c1ccc(-c2c3c(c(-c4ccccc4)c4ccccc24)-c2ccc(N(c4ccccn4)c4ccccn4)c4cccc-3c24)cc1. The summed E-state index contributed by atoms with van der Waals surface area (Å²) >= 11 is 0. The van der Waals surface area contributed by atoms with Gasteiger partial charge < -0.3 is 0 Å². The first-order valence-electron chi connectivity index (χ1n) is 15.3. The van der Waals surface area contributed by atoms with Crippen LogP contribution in [0.25, 0.3) is 66.1 Å². The molecule has 0 spiro atoms. The monoisotopic (exact) mass is 573 g/mol. The molecule has 0 unspecified atom stereocenters. The first kappa shape index (κ1) is 25.4. The van der Waals surface area contributed by atoms with E-state index >= 15 is 0 Å². The van der Waals surface area contributed by atoms with Crippen LogP contribution in [-0.4, -0.2) is 9.97 Å². The van der Waals surface area contributed by atoms with Crippen LogP contribution in [0.15, 0.2) is 164 Å². The molecule has 210 valence electrons. The molecule has 9 rings (SSSR count). The van der Waals surface area contributed by atoms with Crippen molar-refractivity contribution >= 4 is 38.9 Å². The predicted molar refractivity (Wildman–Crippen MR) is 187 cm³/mol. The minimum atomic E-state index is 0.827. The first-order valence-corrected chi connectivity index (χ1v) is 15.3. The summed E-state index contributed by atoms with van der Waals surface area (Å²) in [5.41, 5.74) is 11.1. The Morgan fingerprint density at radius 3 is 1.38 bits per heavy atom. The van der Waals surface area contributed by atoms with E-state index in [0.717, 1.165) is 17.3 Å². The van der Waals surface area contributed by atoms with Crippen molar-refractivity contribution in [2.75, 3.05) is 4.90 Å². The highest BCUT2D eigenvalue weighted by molar-refractivity contribution is 6.28. The number of hydrogen-bond acceptors (Lipinski definition) is 3. The fraction of sp³-hybridized carbons (Fsp3) is 0. The molecule has 3 nitrogen and oxygen atoms in total. The van der Waals surface area contributed by atoms with Gasteiger partial charge in [0.25, 0.3) is 0 Å². The lowest BCUT2D eigenvalue weighted by Gasteiger charge is -2.25. The van der Waals surface area contributed by atoms with Crippen LogP contribution >= 0.6 is 0 Å². The van der Waals surface area contributed by atoms with Gasteiger partial charge in [-0.05, 0) is 91.0 Å². The molecule has 0 saturated heterocycles. The van der Waals surface area contributed by atoms with Gasteiger partial charge in [0, 0.05) is 17.8 Å². The molecule has 0 amide bonds. The molecular weight excluding hydrogens is 546 g/mol. The van der Waals surface area contributed by atoms with E-state index < -0.39 is 0 Å². The number of anilines is 3. The smallest absolute Gasteiger partial charge is 0.138 e. The Kier molecular flexibility index (Phi) is 5.82. The summed E-state index contributed by atoms with van der Waals surface area (Å²) in [6.07, 6.45) is 3.68. The van der Waals surface area contributed by atoms with Crippen molar-refractivity contribution in [1.82, 2.24) is 9.97 Å². The summed E-state index contributed by atoms with van der Waals surface area (Å²) in [4.78, 5) is 11.7. The maximum Gasteiger partial charge on any atom is 0.138 e. The Hall–Kier alpha value is -6.06. The molecule has 0 aliphatic heterocycles. The van der Waals surface area contributed by atoms with Gasteiger partial charge in [-0.25, -0.2) is 9.97 Å². The first-order chi connectivity index (χ1) is 22.4. The van der Waals surface area contributed by atoms with E-state index in [9.17, 15) is 0 Å². The maximum atomic E-state index is 4.77. The van der Waals surface area contributed by atoms with E-state index in [1.165, 1.54) is 66.1 Å². The summed E-state index contributed by atoms with van der Waals surface area (Å²) in [6, 6.07) is 53.9. The molecule has 2 aromatic heterocycles. The van der Waals surface area contributed by atoms with Crippen LogP contribution < -0.4 is 4.90 Å². The van der Waals surface area contributed by atoms with Crippen molar-refractivity contribution in [3.8, 4) is 44.5 Å². The molecule has 0 N–H and O–H groups in total. The maximum absolute atomic E-state index is 4.77. The lowest BCUT2D eigenvalue weighted by molar-refractivity contribution is 1.13. The molecular formula is C42H27N3. The van der Waals surface area contributed by atoms with E-state index in [4.69, 9.17) is 9.97 Å². The number of nitrogens with zero attached hydrogens (tertiary/aromatic N) is 3. The molecule has 1 aliphatic carbocycles. The van der Waals surface area contributed by atoms with E-state index in [0.29, 0.717) is 0 Å². The van der Waals surface area contributed by atoms with E-state index in [2.05, 4.69) is 120 Å². The van der Waals surface area contributed by atoms with Crippen molar-refractivity contribution in [3.63, 3.8) is 0 Å². The minimum Gasteiger partial charge on any atom is -0.278 e. The zero-order valence-electron chi connectivity index (χ0n) is 24.4. The van der Waals surface area contributed by atoms with Crippen LogP contribution in [0.4, 0.5) is 17.3 Å². The molecule has 6 aromatic carbocycles. The normalized spacial score (nSPS) is 11.6. The van der Waals surface area contributed by atoms with E-state index in [1.807, 2.05) is 48.8 Å². The molecule has 0 radical (unpaired) electrons. The van der Waals surface area contributed by atoms with Crippen molar-refractivity contribution in [2.45, 2.75) is 0 Å². The van der Waals surface area contributed by atoms with Crippen molar-refractivity contribution in [2.24, 2.45) is 0 Å². The predicted octanol–water partition coefficient (Wildman–Crippen LogP) is 11.2. The quantitative estimate of drug-likeness (QED) is 0.205. The molecule has 0 bridgehead atoms. The molecule has 0 fully saturated rings. The number of benzene rings is 6. The lowest BCUT2D eigenvalue weighted by Crippen LogP contribution is -2.13. The average molecular weight is 574 g/mol. The van der Waals surface area contributed by atoms with Gasteiger partial charge in [0.15, 0.2) is 0 Å². The third-order valence-electron chi connectivity index (χ3n) is 8.89. The fourth-order valence-electron chi connectivity index (χ4n) is 7.13. The Morgan fingerprint density at radius 1 is 0.356 bits per heavy atom. The Bertz CT molecular complexity index is 2220. The van der Waals surface area contributed by atoms with Gasteiger partial charge >= 0.3 is 0 Å². The van der Waals surface area contributed by atoms with Gasteiger partial charge in [0.05, 0.1) is 5.69 Å². The highest BCUT2D eigenvalue weighted by atomic mass is 15.2. The fourth-order valence-corrected chi connectivity index (χ4v) is 7.13. The summed E-state index contributed by atoms with van der Waals surface area (Å²) < 4.78 is 0. The van der Waals surface area contributed by atoms with Crippen LogP contribution in [0.1, 0.15) is 0 Å². The highest BCUT2D eigenvalue weighted by Gasteiger charge is 2.32. The van der Waals surface area contributed by atoms with Gasteiger partial charge in [0.2, 0.25) is 0 Å². The summed E-state index contributed by atoms with van der Waals surface area (Å²) in [5, 5.41) is 4.94. The van der Waals surface area contributed by atoms with Gasteiger partial charge in [-0.1, -0.05) is 121 Å². The zero-order chi connectivity index (χ0) is 29.7.